The lowest BCUT2D eigenvalue weighted by Crippen LogP contribution is -2.48. The zero-order valence-corrected chi connectivity index (χ0v) is 13.7. The number of carbonyl (C=O) groups excluding carboxylic acids is 3. The van der Waals surface area contributed by atoms with Crippen LogP contribution < -0.4 is 10.6 Å². The maximum atomic E-state index is 12.6. The van der Waals surface area contributed by atoms with Crippen LogP contribution >= 0.6 is 0 Å². The number of rotatable bonds is 4. The summed E-state index contributed by atoms with van der Waals surface area (Å²) in [6, 6.07) is -0.0635. The first-order chi connectivity index (χ1) is 11.1. The Hall–Kier alpha value is -1.59. The van der Waals surface area contributed by atoms with E-state index in [9.17, 15) is 14.4 Å². The summed E-state index contributed by atoms with van der Waals surface area (Å²) in [6.07, 6.45) is 10.4. The fourth-order valence-corrected chi connectivity index (χ4v) is 4.13. The molecule has 0 bridgehead atoms. The smallest absolute Gasteiger partial charge is 0.325 e. The number of hydrogen-bond donors (Lipinski definition) is 2. The number of imide groups is 1. The lowest BCUT2D eigenvalue weighted by molar-refractivity contribution is -0.132. The van der Waals surface area contributed by atoms with E-state index in [1.165, 1.54) is 24.2 Å². The Morgan fingerprint density at radius 2 is 1.74 bits per heavy atom. The molecule has 1 saturated heterocycles. The first-order valence-corrected chi connectivity index (χ1v) is 9.04. The number of urea groups is 1. The fourth-order valence-electron chi connectivity index (χ4n) is 4.13. The van der Waals surface area contributed by atoms with Crippen LogP contribution in [0, 0.1) is 0 Å². The van der Waals surface area contributed by atoms with Crippen LogP contribution in [-0.2, 0) is 9.59 Å². The maximum absolute atomic E-state index is 12.6. The highest BCUT2D eigenvalue weighted by Crippen LogP contribution is 2.33. The summed E-state index contributed by atoms with van der Waals surface area (Å²) >= 11 is 0. The van der Waals surface area contributed by atoms with Gasteiger partial charge >= 0.3 is 6.03 Å². The molecule has 128 valence electrons. The molecule has 0 aromatic heterocycles. The average Bonchev–Trinajstić information content (AvgIpc) is 2.77. The fraction of sp³-hybridized carbons (Fsp3) is 0.824. The summed E-state index contributed by atoms with van der Waals surface area (Å²) in [5.74, 6) is -0.185. The third kappa shape index (κ3) is 3.51. The molecule has 3 rings (SSSR count). The van der Waals surface area contributed by atoms with Crippen molar-refractivity contribution in [3.63, 3.8) is 0 Å². The van der Waals surface area contributed by atoms with E-state index in [0.717, 1.165) is 44.9 Å². The van der Waals surface area contributed by atoms with E-state index >= 15 is 0 Å². The molecule has 6 heteroatoms. The third-order valence-electron chi connectivity index (χ3n) is 5.49. The van der Waals surface area contributed by atoms with Gasteiger partial charge in [0.1, 0.15) is 5.54 Å². The van der Waals surface area contributed by atoms with Crippen LogP contribution in [0.3, 0.4) is 0 Å². The largest absolute Gasteiger partial charge is 0.353 e. The SMILES string of the molecule is O=C(CCN1C(=O)NC2(CCCCC2)C1=O)NC1CCCCC1. The molecule has 4 amide bonds. The van der Waals surface area contributed by atoms with Gasteiger partial charge in [0.05, 0.1) is 0 Å². The standard InChI is InChI=1S/C17H27N3O3/c21-14(18-13-7-3-1-4-8-13)9-12-20-15(22)17(19-16(20)23)10-5-2-6-11-17/h13H,1-12H2,(H,18,21)(H,19,23). The van der Waals surface area contributed by atoms with Crippen molar-refractivity contribution >= 4 is 17.8 Å². The van der Waals surface area contributed by atoms with Gasteiger partial charge < -0.3 is 10.6 Å². The van der Waals surface area contributed by atoms with Gasteiger partial charge in [0, 0.05) is 19.0 Å². The van der Waals surface area contributed by atoms with Crippen molar-refractivity contribution in [2.75, 3.05) is 6.54 Å². The van der Waals surface area contributed by atoms with E-state index in [4.69, 9.17) is 0 Å². The van der Waals surface area contributed by atoms with Crippen LogP contribution in [0.1, 0.15) is 70.6 Å². The molecule has 23 heavy (non-hydrogen) atoms. The lowest BCUT2D eigenvalue weighted by atomic mass is 9.82. The topological polar surface area (TPSA) is 78.5 Å². The van der Waals surface area contributed by atoms with Gasteiger partial charge in [-0.2, -0.15) is 0 Å². The summed E-state index contributed by atoms with van der Waals surface area (Å²) in [5, 5.41) is 5.91. The van der Waals surface area contributed by atoms with E-state index in [-0.39, 0.29) is 36.9 Å². The predicted octanol–water partition coefficient (Wildman–Crippen LogP) is 2.08. The molecule has 1 heterocycles. The van der Waals surface area contributed by atoms with Crippen molar-refractivity contribution < 1.29 is 14.4 Å². The molecule has 0 aromatic carbocycles. The molecule has 3 fully saturated rings. The molecule has 0 unspecified atom stereocenters. The highest BCUT2D eigenvalue weighted by Gasteiger charge is 2.51. The average molecular weight is 321 g/mol. The highest BCUT2D eigenvalue weighted by molar-refractivity contribution is 6.07. The third-order valence-corrected chi connectivity index (χ3v) is 5.49. The quantitative estimate of drug-likeness (QED) is 0.778. The van der Waals surface area contributed by atoms with E-state index < -0.39 is 5.54 Å². The first-order valence-electron chi connectivity index (χ1n) is 9.04. The van der Waals surface area contributed by atoms with Crippen LogP contribution in [-0.4, -0.2) is 40.9 Å². The van der Waals surface area contributed by atoms with Crippen molar-refractivity contribution in [1.82, 2.24) is 15.5 Å². The molecular weight excluding hydrogens is 294 g/mol. The minimum Gasteiger partial charge on any atom is -0.353 e. The zero-order chi connectivity index (χ0) is 16.3. The maximum Gasteiger partial charge on any atom is 0.325 e. The molecule has 0 aromatic rings. The van der Waals surface area contributed by atoms with Crippen molar-refractivity contribution in [2.45, 2.75) is 82.2 Å². The van der Waals surface area contributed by atoms with Gasteiger partial charge in [0.25, 0.3) is 5.91 Å². The van der Waals surface area contributed by atoms with Gasteiger partial charge in [0.15, 0.2) is 0 Å². The van der Waals surface area contributed by atoms with Crippen molar-refractivity contribution in [2.24, 2.45) is 0 Å². The van der Waals surface area contributed by atoms with Crippen molar-refractivity contribution in [1.29, 1.82) is 0 Å². The van der Waals surface area contributed by atoms with Gasteiger partial charge in [0.2, 0.25) is 5.91 Å². The van der Waals surface area contributed by atoms with Gasteiger partial charge in [-0.25, -0.2) is 4.79 Å². The predicted molar refractivity (Wildman–Crippen MR) is 85.7 cm³/mol. The first kappa shape index (κ1) is 16.3. The minimum atomic E-state index is -0.685. The normalized spacial score (nSPS) is 24.8. The van der Waals surface area contributed by atoms with Gasteiger partial charge in [-0.15, -0.1) is 0 Å². The van der Waals surface area contributed by atoms with Crippen LogP contribution in [0.25, 0.3) is 0 Å². The molecule has 0 radical (unpaired) electrons. The molecule has 3 aliphatic rings. The second-order valence-electron chi connectivity index (χ2n) is 7.18. The molecule has 1 aliphatic heterocycles. The summed E-state index contributed by atoms with van der Waals surface area (Å²) in [7, 11) is 0. The van der Waals surface area contributed by atoms with Crippen molar-refractivity contribution in [3.8, 4) is 0 Å². The van der Waals surface area contributed by atoms with Crippen LogP contribution in [0.2, 0.25) is 0 Å². The minimum absolute atomic E-state index is 0.0536. The number of amides is 4. The number of nitrogens with zero attached hydrogens (tertiary/aromatic N) is 1. The molecule has 2 aliphatic carbocycles. The monoisotopic (exact) mass is 321 g/mol. The molecule has 2 N–H and O–H groups in total. The van der Waals surface area contributed by atoms with Crippen LogP contribution in [0.5, 0.6) is 0 Å². The number of nitrogens with one attached hydrogen (secondary N) is 2. The summed E-state index contributed by atoms with van der Waals surface area (Å²) in [5.41, 5.74) is -0.685. The van der Waals surface area contributed by atoms with Crippen LogP contribution in [0.15, 0.2) is 0 Å². The Kier molecular flexibility index (Phi) is 4.87. The van der Waals surface area contributed by atoms with E-state index in [1.807, 2.05) is 0 Å². The zero-order valence-electron chi connectivity index (χ0n) is 13.7. The van der Waals surface area contributed by atoms with Gasteiger partial charge in [-0.1, -0.05) is 38.5 Å². The Balaban J connectivity index is 1.50. The highest BCUT2D eigenvalue weighted by atomic mass is 16.2. The van der Waals surface area contributed by atoms with Crippen LogP contribution in [0.4, 0.5) is 4.79 Å². The molecule has 2 saturated carbocycles. The van der Waals surface area contributed by atoms with Crippen molar-refractivity contribution in [3.05, 3.63) is 0 Å². The van der Waals surface area contributed by atoms with Gasteiger partial charge in [-0.3, -0.25) is 14.5 Å². The van der Waals surface area contributed by atoms with Gasteiger partial charge in [-0.05, 0) is 25.7 Å². The molecular formula is C17H27N3O3. The molecule has 1 spiro atoms. The number of hydrogen-bond acceptors (Lipinski definition) is 3. The second-order valence-corrected chi connectivity index (χ2v) is 7.18. The summed E-state index contributed by atoms with van der Waals surface area (Å²) in [4.78, 5) is 38.0. The van der Waals surface area contributed by atoms with E-state index in [0.29, 0.717) is 0 Å². The molecule has 6 nitrogen and oxygen atoms in total. The lowest BCUT2D eigenvalue weighted by Gasteiger charge is -2.30. The number of carbonyl (C=O) groups is 3. The Bertz CT molecular complexity index is 479. The van der Waals surface area contributed by atoms with E-state index in [1.54, 1.807) is 0 Å². The Morgan fingerprint density at radius 1 is 1.09 bits per heavy atom. The molecule has 0 atom stereocenters. The second kappa shape index (κ2) is 6.89. The Labute approximate surface area is 137 Å². The summed E-state index contributed by atoms with van der Waals surface area (Å²) < 4.78 is 0. The Morgan fingerprint density at radius 3 is 2.43 bits per heavy atom. The summed E-state index contributed by atoms with van der Waals surface area (Å²) in [6.45, 7) is 0.185. The van der Waals surface area contributed by atoms with E-state index in [2.05, 4.69) is 10.6 Å².